The first-order valence-electron chi connectivity index (χ1n) is 7.34. The largest absolute Gasteiger partial charge is 0.496 e. The summed E-state index contributed by atoms with van der Waals surface area (Å²) < 4.78 is 28.1. The Morgan fingerprint density at radius 2 is 2.00 bits per heavy atom. The summed E-state index contributed by atoms with van der Waals surface area (Å²) in [5.41, 5.74) is 0.187. The summed E-state index contributed by atoms with van der Waals surface area (Å²) in [5.74, 6) is 0.402. The van der Waals surface area contributed by atoms with Crippen LogP contribution in [0.25, 0.3) is 0 Å². The van der Waals surface area contributed by atoms with Crippen LogP contribution in [-0.2, 0) is 10.0 Å². The fraction of sp³-hybridized carbons (Fsp3) is 0.533. The highest BCUT2D eigenvalue weighted by Gasteiger charge is 2.25. The van der Waals surface area contributed by atoms with E-state index in [1.807, 2.05) is 0 Å². The van der Waals surface area contributed by atoms with E-state index in [0.29, 0.717) is 11.7 Å². The third-order valence-corrected chi connectivity index (χ3v) is 5.08. The molecule has 2 atom stereocenters. The molecular formula is C15H22N2O4S. The number of nitrogens with two attached hydrogens (primary N) is 1. The Morgan fingerprint density at radius 1 is 1.32 bits per heavy atom. The van der Waals surface area contributed by atoms with E-state index >= 15 is 0 Å². The van der Waals surface area contributed by atoms with E-state index in [1.165, 1.54) is 31.7 Å². The highest BCUT2D eigenvalue weighted by molar-refractivity contribution is 7.89. The van der Waals surface area contributed by atoms with E-state index in [-0.39, 0.29) is 22.4 Å². The minimum atomic E-state index is -3.86. The van der Waals surface area contributed by atoms with Crippen LogP contribution in [0.15, 0.2) is 23.1 Å². The van der Waals surface area contributed by atoms with Crippen LogP contribution in [0.2, 0.25) is 0 Å². The number of methoxy groups -OCH3 is 1. The molecule has 0 heterocycles. The second-order valence-corrected chi connectivity index (χ2v) is 7.31. The first-order valence-corrected chi connectivity index (χ1v) is 8.89. The van der Waals surface area contributed by atoms with Crippen LogP contribution in [0.1, 0.15) is 43.0 Å². The molecule has 0 aliphatic heterocycles. The fourth-order valence-electron chi connectivity index (χ4n) is 2.82. The fourth-order valence-corrected chi connectivity index (χ4v) is 3.36. The van der Waals surface area contributed by atoms with Gasteiger partial charge in [-0.3, -0.25) is 4.79 Å². The standard InChI is InChI=1S/C15H22N2O4S/c1-10-5-3-4-6-13(10)17-15(18)12-9-11(22(16,19)20)7-8-14(12)21-2/h7-10,13H,3-6H2,1-2H3,(H,17,18)(H2,16,19,20). The Balaban J connectivity index is 2.27. The molecule has 22 heavy (non-hydrogen) atoms. The van der Waals surface area contributed by atoms with Crippen LogP contribution in [-0.4, -0.2) is 27.5 Å². The molecule has 0 saturated heterocycles. The molecule has 3 N–H and O–H groups in total. The second kappa shape index (κ2) is 6.66. The Labute approximate surface area is 131 Å². The molecule has 122 valence electrons. The molecule has 7 heteroatoms. The lowest BCUT2D eigenvalue weighted by molar-refractivity contribution is 0.0907. The number of benzene rings is 1. The maximum absolute atomic E-state index is 12.5. The zero-order chi connectivity index (χ0) is 16.3. The van der Waals surface area contributed by atoms with Crippen molar-refractivity contribution in [1.82, 2.24) is 5.32 Å². The predicted molar refractivity (Wildman–Crippen MR) is 83.3 cm³/mol. The predicted octanol–water partition coefficient (Wildman–Crippen LogP) is 1.65. The smallest absolute Gasteiger partial charge is 0.255 e. The molecule has 1 fully saturated rings. The molecule has 2 rings (SSSR count). The van der Waals surface area contributed by atoms with Crippen LogP contribution < -0.4 is 15.2 Å². The van der Waals surface area contributed by atoms with Gasteiger partial charge in [0.25, 0.3) is 5.91 Å². The first-order chi connectivity index (χ1) is 10.3. The van der Waals surface area contributed by atoms with Gasteiger partial charge < -0.3 is 10.1 Å². The van der Waals surface area contributed by atoms with Gasteiger partial charge in [-0.25, -0.2) is 13.6 Å². The zero-order valence-corrected chi connectivity index (χ0v) is 13.7. The van der Waals surface area contributed by atoms with Gasteiger partial charge >= 0.3 is 0 Å². The molecule has 1 aromatic rings. The van der Waals surface area contributed by atoms with Crippen molar-refractivity contribution in [2.75, 3.05) is 7.11 Å². The number of rotatable bonds is 4. The van der Waals surface area contributed by atoms with Gasteiger partial charge in [0.2, 0.25) is 10.0 Å². The van der Waals surface area contributed by atoms with Crippen LogP contribution in [0.5, 0.6) is 5.75 Å². The molecule has 0 radical (unpaired) electrons. The van der Waals surface area contributed by atoms with Gasteiger partial charge in [0, 0.05) is 6.04 Å². The van der Waals surface area contributed by atoms with E-state index < -0.39 is 10.0 Å². The number of carbonyl (C=O) groups is 1. The maximum Gasteiger partial charge on any atom is 0.255 e. The summed E-state index contributed by atoms with van der Waals surface area (Å²) in [7, 11) is -2.43. The molecule has 6 nitrogen and oxygen atoms in total. The Hall–Kier alpha value is -1.60. The molecular weight excluding hydrogens is 304 g/mol. The SMILES string of the molecule is COc1ccc(S(N)(=O)=O)cc1C(=O)NC1CCCCC1C. The number of nitrogens with one attached hydrogen (secondary N) is 1. The van der Waals surface area contributed by atoms with Crippen molar-refractivity contribution in [3.63, 3.8) is 0 Å². The Morgan fingerprint density at radius 3 is 2.59 bits per heavy atom. The third kappa shape index (κ3) is 3.78. The second-order valence-electron chi connectivity index (χ2n) is 5.75. The maximum atomic E-state index is 12.5. The molecule has 1 aromatic carbocycles. The third-order valence-electron chi connectivity index (χ3n) is 4.17. The number of sulfonamides is 1. The number of amides is 1. The highest BCUT2D eigenvalue weighted by atomic mass is 32.2. The van der Waals surface area contributed by atoms with Crippen LogP contribution in [0.3, 0.4) is 0 Å². The van der Waals surface area contributed by atoms with Crippen molar-refractivity contribution in [2.24, 2.45) is 11.1 Å². The number of hydrogen-bond acceptors (Lipinski definition) is 4. The summed E-state index contributed by atoms with van der Waals surface area (Å²) in [5, 5.41) is 8.11. The molecule has 1 amide bonds. The lowest BCUT2D eigenvalue weighted by Crippen LogP contribution is -2.41. The molecule has 1 aliphatic carbocycles. The van der Waals surface area contributed by atoms with E-state index in [9.17, 15) is 13.2 Å². The van der Waals surface area contributed by atoms with Crippen LogP contribution in [0, 0.1) is 5.92 Å². The number of primary sulfonamides is 1. The highest BCUT2D eigenvalue weighted by Crippen LogP contribution is 2.26. The molecule has 0 aromatic heterocycles. The molecule has 0 bridgehead atoms. The molecule has 0 spiro atoms. The quantitative estimate of drug-likeness (QED) is 0.879. The molecule has 2 unspecified atom stereocenters. The normalized spacial score (nSPS) is 22.1. The van der Waals surface area contributed by atoms with Gasteiger partial charge in [0.15, 0.2) is 0 Å². The lowest BCUT2D eigenvalue weighted by atomic mass is 9.86. The first kappa shape index (κ1) is 16.8. The minimum Gasteiger partial charge on any atom is -0.496 e. The van der Waals surface area contributed by atoms with Crippen molar-refractivity contribution in [2.45, 2.75) is 43.5 Å². The zero-order valence-electron chi connectivity index (χ0n) is 12.8. The van der Waals surface area contributed by atoms with Gasteiger partial charge in [-0.2, -0.15) is 0 Å². The van der Waals surface area contributed by atoms with Crippen molar-refractivity contribution >= 4 is 15.9 Å². The van der Waals surface area contributed by atoms with Gasteiger partial charge in [0.05, 0.1) is 17.6 Å². The van der Waals surface area contributed by atoms with Crippen molar-refractivity contribution in [3.05, 3.63) is 23.8 Å². The average Bonchev–Trinajstić information content (AvgIpc) is 2.48. The van der Waals surface area contributed by atoms with Gasteiger partial charge in [-0.05, 0) is 37.0 Å². The summed E-state index contributed by atoms with van der Waals surface area (Å²) in [6.45, 7) is 2.11. The van der Waals surface area contributed by atoms with E-state index in [4.69, 9.17) is 9.88 Å². The summed E-state index contributed by atoms with van der Waals surface area (Å²) >= 11 is 0. The Bertz CT molecular complexity index is 658. The molecule has 1 saturated carbocycles. The average molecular weight is 326 g/mol. The summed E-state index contributed by atoms with van der Waals surface area (Å²) in [6.07, 6.45) is 4.28. The van der Waals surface area contributed by atoms with Crippen molar-refractivity contribution < 1.29 is 17.9 Å². The number of hydrogen-bond donors (Lipinski definition) is 2. The molecule has 1 aliphatic rings. The van der Waals surface area contributed by atoms with Crippen LogP contribution >= 0.6 is 0 Å². The monoisotopic (exact) mass is 326 g/mol. The minimum absolute atomic E-state index is 0.101. The van der Waals surface area contributed by atoms with E-state index in [2.05, 4.69) is 12.2 Å². The summed E-state index contributed by atoms with van der Waals surface area (Å²) in [4.78, 5) is 12.4. The van der Waals surface area contributed by atoms with Gasteiger partial charge in [-0.1, -0.05) is 19.8 Å². The van der Waals surface area contributed by atoms with Gasteiger partial charge in [-0.15, -0.1) is 0 Å². The topological polar surface area (TPSA) is 98.5 Å². The van der Waals surface area contributed by atoms with Gasteiger partial charge in [0.1, 0.15) is 5.75 Å². The van der Waals surface area contributed by atoms with E-state index in [1.54, 1.807) is 0 Å². The van der Waals surface area contributed by atoms with Crippen molar-refractivity contribution in [1.29, 1.82) is 0 Å². The summed E-state index contributed by atoms with van der Waals surface area (Å²) in [6, 6.07) is 4.13. The number of ether oxygens (including phenoxy) is 1. The van der Waals surface area contributed by atoms with Crippen LogP contribution in [0.4, 0.5) is 0 Å². The number of carbonyl (C=O) groups excluding carboxylic acids is 1. The lowest BCUT2D eigenvalue weighted by Gasteiger charge is -2.29. The van der Waals surface area contributed by atoms with E-state index in [0.717, 1.165) is 19.3 Å². The Kier molecular flexibility index (Phi) is 5.08. The van der Waals surface area contributed by atoms with Crippen molar-refractivity contribution in [3.8, 4) is 5.75 Å².